The normalized spacial score (nSPS) is 10.9. The number of ether oxygens (including phenoxy) is 1. The van der Waals surface area contributed by atoms with E-state index in [2.05, 4.69) is 67.8 Å². The number of hydrogen-bond donors (Lipinski definition) is 1. The number of nitrogens with one attached hydrogen (secondary N) is 1. The van der Waals surface area contributed by atoms with Gasteiger partial charge in [0.15, 0.2) is 0 Å². The van der Waals surface area contributed by atoms with Crippen molar-refractivity contribution >= 4 is 68.7 Å². The van der Waals surface area contributed by atoms with Crippen LogP contribution in [0.3, 0.4) is 0 Å². The standard InChI is InChI=1S/C20H15ClI2N2O/c21-16-8-6-14(7-9-16)13-26-20-18(22)10-15(11-19(20)23)12-24-25-17-4-2-1-3-5-17/h1-12,25H,13H2/b24-12-. The maximum atomic E-state index is 6.00. The Hall–Kier alpha value is -1.32. The Morgan fingerprint density at radius 3 is 2.27 bits per heavy atom. The van der Waals surface area contributed by atoms with Crippen molar-refractivity contribution in [2.24, 2.45) is 5.10 Å². The highest BCUT2D eigenvalue weighted by molar-refractivity contribution is 14.1. The molecular formula is C20H15ClI2N2O. The first-order chi connectivity index (χ1) is 12.6. The lowest BCUT2D eigenvalue weighted by molar-refractivity contribution is 0.302. The van der Waals surface area contributed by atoms with Gasteiger partial charge in [-0.05, 0) is 92.7 Å². The van der Waals surface area contributed by atoms with Crippen molar-refractivity contribution in [3.8, 4) is 5.75 Å². The smallest absolute Gasteiger partial charge is 0.146 e. The molecule has 0 aliphatic heterocycles. The Labute approximate surface area is 185 Å². The van der Waals surface area contributed by atoms with Gasteiger partial charge in [-0.15, -0.1) is 0 Å². The molecule has 3 aromatic carbocycles. The second-order valence-electron chi connectivity index (χ2n) is 5.46. The monoisotopic (exact) mass is 588 g/mol. The van der Waals surface area contributed by atoms with Gasteiger partial charge in [0.2, 0.25) is 0 Å². The number of anilines is 1. The molecule has 1 N–H and O–H groups in total. The van der Waals surface area contributed by atoms with Crippen LogP contribution in [-0.2, 0) is 6.61 Å². The third kappa shape index (κ3) is 5.59. The van der Waals surface area contributed by atoms with Gasteiger partial charge < -0.3 is 4.74 Å². The number of para-hydroxylation sites is 1. The molecule has 0 saturated carbocycles. The molecule has 0 fully saturated rings. The molecule has 0 radical (unpaired) electrons. The second-order valence-corrected chi connectivity index (χ2v) is 8.23. The van der Waals surface area contributed by atoms with Crippen LogP contribution >= 0.6 is 56.8 Å². The molecule has 0 aromatic heterocycles. The van der Waals surface area contributed by atoms with E-state index in [0.717, 1.165) is 34.7 Å². The molecule has 0 heterocycles. The average Bonchev–Trinajstić information content (AvgIpc) is 2.63. The van der Waals surface area contributed by atoms with E-state index >= 15 is 0 Å². The molecule has 0 unspecified atom stereocenters. The number of hydrazone groups is 1. The summed E-state index contributed by atoms with van der Waals surface area (Å²) >= 11 is 10.5. The van der Waals surface area contributed by atoms with Crippen LogP contribution in [-0.4, -0.2) is 6.21 Å². The maximum absolute atomic E-state index is 6.00. The Balaban J connectivity index is 1.66. The summed E-state index contributed by atoms with van der Waals surface area (Å²) in [7, 11) is 0. The zero-order chi connectivity index (χ0) is 18.4. The summed E-state index contributed by atoms with van der Waals surface area (Å²) in [4.78, 5) is 0. The molecule has 6 heteroatoms. The van der Waals surface area contributed by atoms with Crippen molar-refractivity contribution in [1.29, 1.82) is 0 Å². The molecule has 26 heavy (non-hydrogen) atoms. The van der Waals surface area contributed by atoms with E-state index in [1.807, 2.05) is 54.6 Å². The number of hydrogen-bond acceptors (Lipinski definition) is 3. The molecule has 0 saturated heterocycles. The third-order valence-electron chi connectivity index (χ3n) is 3.50. The molecule has 132 valence electrons. The van der Waals surface area contributed by atoms with Crippen LogP contribution in [0.15, 0.2) is 71.8 Å². The van der Waals surface area contributed by atoms with Crippen LogP contribution in [0.25, 0.3) is 0 Å². The maximum Gasteiger partial charge on any atom is 0.146 e. The Kier molecular flexibility index (Phi) is 7.15. The fourth-order valence-corrected chi connectivity index (χ4v) is 4.48. The molecule has 3 nitrogen and oxygen atoms in total. The van der Waals surface area contributed by atoms with E-state index in [4.69, 9.17) is 16.3 Å². The SMILES string of the molecule is Clc1ccc(COc2c(I)cc(/C=N\Nc3ccccc3)cc2I)cc1. The molecule has 3 rings (SSSR count). The minimum Gasteiger partial charge on any atom is -0.487 e. The fourth-order valence-electron chi connectivity index (χ4n) is 2.22. The zero-order valence-electron chi connectivity index (χ0n) is 13.6. The van der Waals surface area contributed by atoms with Gasteiger partial charge in [0.25, 0.3) is 0 Å². The van der Waals surface area contributed by atoms with Crippen molar-refractivity contribution in [3.05, 3.63) is 90.0 Å². The molecule has 0 amide bonds. The quantitative estimate of drug-likeness (QED) is 0.201. The highest BCUT2D eigenvalue weighted by Crippen LogP contribution is 2.29. The average molecular weight is 589 g/mol. The highest BCUT2D eigenvalue weighted by Gasteiger charge is 2.09. The number of rotatable bonds is 6. The summed E-state index contributed by atoms with van der Waals surface area (Å²) in [5, 5.41) is 5.02. The van der Waals surface area contributed by atoms with Gasteiger partial charge in [0.1, 0.15) is 12.4 Å². The first-order valence-electron chi connectivity index (χ1n) is 7.82. The van der Waals surface area contributed by atoms with Gasteiger partial charge in [-0.3, -0.25) is 5.43 Å². The van der Waals surface area contributed by atoms with Crippen LogP contribution in [0.2, 0.25) is 5.02 Å². The van der Waals surface area contributed by atoms with E-state index in [1.165, 1.54) is 0 Å². The van der Waals surface area contributed by atoms with Crippen LogP contribution in [0, 0.1) is 7.14 Å². The molecule has 3 aromatic rings. The lowest BCUT2D eigenvalue weighted by Gasteiger charge is -2.11. The lowest BCUT2D eigenvalue weighted by Crippen LogP contribution is -2.00. The largest absolute Gasteiger partial charge is 0.487 e. The summed E-state index contributed by atoms with van der Waals surface area (Å²) in [5.74, 6) is 0.884. The summed E-state index contributed by atoms with van der Waals surface area (Å²) in [6, 6.07) is 21.6. The van der Waals surface area contributed by atoms with Gasteiger partial charge in [-0.1, -0.05) is 41.9 Å². The summed E-state index contributed by atoms with van der Waals surface area (Å²) in [6.07, 6.45) is 1.81. The van der Waals surface area contributed by atoms with Crippen LogP contribution < -0.4 is 10.2 Å². The minimum absolute atomic E-state index is 0.506. The number of halogens is 3. The van der Waals surface area contributed by atoms with Crippen LogP contribution in [0.4, 0.5) is 5.69 Å². The lowest BCUT2D eigenvalue weighted by atomic mass is 10.2. The van der Waals surface area contributed by atoms with Crippen LogP contribution in [0.1, 0.15) is 11.1 Å². The second kappa shape index (κ2) is 9.57. The predicted molar refractivity (Wildman–Crippen MR) is 125 cm³/mol. The van der Waals surface area contributed by atoms with E-state index < -0.39 is 0 Å². The van der Waals surface area contributed by atoms with E-state index in [9.17, 15) is 0 Å². The molecule has 0 aliphatic rings. The topological polar surface area (TPSA) is 33.6 Å². The van der Waals surface area contributed by atoms with Crippen molar-refractivity contribution < 1.29 is 4.74 Å². The van der Waals surface area contributed by atoms with Gasteiger partial charge >= 0.3 is 0 Å². The van der Waals surface area contributed by atoms with Crippen molar-refractivity contribution in [3.63, 3.8) is 0 Å². The summed E-state index contributed by atoms with van der Waals surface area (Å²) in [6.45, 7) is 0.506. The van der Waals surface area contributed by atoms with Crippen molar-refractivity contribution in [2.75, 3.05) is 5.43 Å². The molecule has 0 bridgehead atoms. The van der Waals surface area contributed by atoms with Gasteiger partial charge in [0.05, 0.1) is 19.0 Å². The van der Waals surface area contributed by atoms with Gasteiger partial charge in [0, 0.05) is 5.02 Å². The van der Waals surface area contributed by atoms with Crippen molar-refractivity contribution in [1.82, 2.24) is 0 Å². The predicted octanol–water partition coefficient (Wildman–Crippen LogP) is 6.57. The van der Waals surface area contributed by atoms with Gasteiger partial charge in [-0.2, -0.15) is 5.10 Å². The summed E-state index contributed by atoms with van der Waals surface area (Å²) in [5.41, 5.74) is 6.07. The Morgan fingerprint density at radius 1 is 0.962 bits per heavy atom. The number of nitrogens with zero attached hydrogens (tertiary/aromatic N) is 1. The molecule has 0 aliphatic carbocycles. The molecule has 0 spiro atoms. The van der Waals surface area contributed by atoms with Gasteiger partial charge in [-0.25, -0.2) is 0 Å². The zero-order valence-corrected chi connectivity index (χ0v) is 18.7. The third-order valence-corrected chi connectivity index (χ3v) is 5.35. The fraction of sp³-hybridized carbons (Fsp3) is 0.0500. The van der Waals surface area contributed by atoms with Crippen molar-refractivity contribution in [2.45, 2.75) is 6.61 Å². The Bertz CT molecular complexity index is 876. The van der Waals surface area contributed by atoms with E-state index in [-0.39, 0.29) is 0 Å². The first-order valence-corrected chi connectivity index (χ1v) is 10.4. The minimum atomic E-state index is 0.506. The van der Waals surface area contributed by atoms with E-state index in [1.54, 1.807) is 6.21 Å². The summed E-state index contributed by atoms with van der Waals surface area (Å²) < 4.78 is 8.10. The van der Waals surface area contributed by atoms with E-state index in [0.29, 0.717) is 6.61 Å². The molecular weight excluding hydrogens is 573 g/mol. The Morgan fingerprint density at radius 2 is 1.62 bits per heavy atom. The van der Waals surface area contributed by atoms with Crippen LogP contribution in [0.5, 0.6) is 5.75 Å². The molecule has 0 atom stereocenters. The highest BCUT2D eigenvalue weighted by atomic mass is 127. The number of benzene rings is 3. The first kappa shape index (κ1) is 19.4.